The number of ether oxygens (including phenoxy) is 1. The van der Waals surface area contributed by atoms with E-state index < -0.39 is 0 Å². The second kappa shape index (κ2) is 8.05. The molecule has 2 N–H and O–H groups in total. The smallest absolute Gasteiger partial charge is 0.138 e. The molecule has 0 radical (unpaired) electrons. The van der Waals surface area contributed by atoms with E-state index in [1.54, 1.807) is 12.4 Å². The van der Waals surface area contributed by atoms with Crippen molar-refractivity contribution in [2.45, 2.75) is 12.8 Å². The lowest BCUT2D eigenvalue weighted by molar-refractivity contribution is 0.237. The minimum Gasteiger partial charge on any atom is -0.491 e. The van der Waals surface area contributed by atoms with Crippen LogP contribution in [-0.2, 0) is 0 Å². The molecule has 6 heterocycles. The molecule has 1 aliphatic rings. The van der Waals surface area contributed by atoms with E-state index in [0.29, 0.717) is 6.61 Å². The molecule has 8 heteroatoms. The third kappa shape index (κ3) is 3.58. The molecule has 0 bridgehead atoms. The summed E-state index contributed by atoms with van der Waals surface area (Å²) in [6.07, 6.45) is 11.6. The van der Waals surface area contributed by atoms with E-state index in [4.69, 9.17) is 4.74 Å². The molecule has 0 spiro atoms. The van der Waals surface area contributed by atoms with E-state index in [1.807, 2.05) is 36.8 Å². The number of H-pyrrole nitrogens is 2. The van der Waals surface area contributed by atoms with Gasteiger partial charge in [0.1, 0.15) is 18.1 Å². The van der Waals surface area contributed by atoms with Gasteiger partial charge in [0, 0.05) is 35.3 Å². The van der Waals surface area contributed by atoms with Gasteiger partial charge in [-0.1, -0.05) is 0 Å². The summed E-state index contributed by atoms with van der Waals surface area (Å²) >= 11 is 0. The second-order valence-corrected chi connectivity index (χ2v) is 8.14. The van der Waals surface area contributed by atoms with Gasteiger partial charge in [-0.25, -0.2) is 0 Å². The van der Waals surface area contributed by atoms with Crippen LogP contribution in [-0.4, -0.2) is 61.3 Å². The molecule has 8 nitrogen and oxygen atoms in total. The van der Waals surface area contributed by atoms with Crippen molar-refractivity contribution in [1.29, 1.82) is 0 Å². The van der Waals surface area contributed by atoms with Crippen molar-refractivity contribution in [3.8, 4) is 28.4 Å². The molecule has 5 aromatic rings. The second-order valence-electron chi connectivity index (χ2n) is 8.14. The molecule has 0 aromatic carbocycles. The zero-order valence-corrected chi connectivity index (χ0v) is 17.6. The molecule has 0 saturated carbocycles. The van der Waals surface area contributed by atoms with Gasteiger partial charge in [0.2, 0.25) is 0 Å². The number of fused-ring (bicyclic) bond motifs is 2. The van der Waals surface area contributed by atoms with E-state index in [0.717, 1.165) is 56.7 Å². The van der Waals surface area contributed by atoms with E-state index in [2.05, 4.69) is 41.1 Å². The Labute approximate surface area is 184 Å². The predicted octanol–water partition coefficient (Wildman–Crippen LogP) is 4.04. The van der Waals surface area contributed by atoms with Crippen LogP contribution in [0.4, 0.5) is 0 Å². The summed E-state index contributed by atoms with van der Waals surface area (Å²) in [5, 5.41) is 9.71. The number of aromatic nitrogens is 6. The average molecular weight is 425 g/mol. The highest BCUT2D eigenvalue weighted by Gasteiger charge is 2.14. The lowest BCUT2D eigenvalue weighted by atomic mass is 10.1. The van der Waals surface area contributed by atoms with Gasteiger partial charge >= 0.3 is 0 Å². The normalized spacial score (nSPS) is 14.5. The topological polar surface area (TPSA) is 95.6 Å². The number of aromatic amines is 2. The van der Waals surface area contributed by atoms with Crippen LogP contribution in [0, 0.1) is 0 Å². The zero-order valence-electron chi connectivity index (χ0n) is 17.6. The Morgan fingerprint density at radius 1 is 0.969 bits per heavy atom. The number of rotatable bonds is 6. The lowest BCUT2D eigenvalue weighted by Gasteiger charge is -2.15. The van der Waals surface area contributed by atoms with Crippen LogP contribution in [0.2, 0.25) is 0 Å². The Bertz CT molecular complexity index is 1350. The number of nitrogens with zero attached hydrogens (tertiary/aromatic N) is 5. The van der Waals surface area contributed by atoms with Crippen molar-refractivity contribution >= 4 is 21.8 Å². The summed E-state index contributed by atoms with van der Waals surface area (Å²) in [7, 11) is 0. The molecule has 0 unspecified atom stereocenters. The van der Waals surface area contributed by atoms with Crippen LogP contribution in [0.25, 0.3) is 44.5 Å². The van der Waals surface area contributed by atoms with Crippen molar-refractivity contribution in [1.82, 2.24) is 35.0 Å². The first-order chi connectivity index (χ1) is 15.8. The molecule has 1 saturated heterocycles. The summed E-state index contributed by atoms with van der Waals surface area (Å²) < 4.78 is 5.97. The Morgan fingerprint density at radius 3 is 2.81 bits per heavy atom. The van der Waals surface area contributed by atoms with Crippen molar-refractivity contribution in [2.75, 3.05) is 26.2 Å². The SMILES string of the molecule is c1cc2cc(-c3n[nH]c4cnc(-c5cncc(OCCN6CCCC6)c5)cc34)[nH]c2cn1. The quantitative estimate of drug-likeness (QED) is 0.426. The van der Waals surface area contributed by atoms with Crippen molar-refractivity contribution in [3.63, 3.8) is 0 Å². The van der Waals surface area contributed by atoms with E-state index in [9.17, 15) is 0 Å². The fraction of sp³-hybridized carbons (Fsp3) is 0.250. The van der Waals surface area contributed by atoms with E-state index >= 15 is 0 Å². The van der Waals surface area contributed by atoms with Crippen LogP contribution in [0.3, 0.4) is 0 Å². The number of hydrogen-bond acceptors (Lipinski definition) is 6. The highest BCUT2D eigenvalue weighted by Crippen LogP contribution is 2.31. The minimum absolute atomic E-state index is 0.665. The number of nitrogens with one attached hydrogen (secondary N) is 2. The first-order valence-corrected chi connectivity index (χ1v) is 10.9. The van der Waals surface area contributed by atoms with Crippen molar-refractivity contribution < 1.29 is 4.74 Å². The van der Waals surface area contributed by atoms with Gasteiger partial charge in [-0.2, -0.15) is 5.10 Å². The van der Waals surface area contributed by atoms with Crippen molar-refractivity contribution in [2.24, 2.45) is 0 Å². The first-order valence-electron chi connectivity index (χ1n) is 10.9. The number of pyridine rings is 3. The molecule has 1 aliphatic heterocycles. The standard InChI is InChI=1S/C24H23N7O/c1-2-6-31(5-1)7-8-32-18-9-17(12-26-13-18)20-11-19-23(15-27-20)29-30-24(19)21-10-16-3-4-25-14-22(16)28-21/h3-4,9-15,28H,1-2,5-8H2,(H,29,30). The zero-order chi connectivity index (χ0) is 21.3. The fourth-order valence-corrected chi connectivity index (χ4v) is 4.32. The van der Waals surface area contributed by atoms with E-state index in [1.165, 1.54) is 25.9 Å². The molecule has 1 fully saturated rings. The highest BCUT2D eigenvalue weighted by molar-refractivity contribution is 5.96. The monoisotopic (exact) mass is 425 g/mol. The predicted molar refractivity (Wildman–Crippen MR) is 123 cm³/mol. The Balaban J connectivity index is 1.28. The van der Waals surface area contributed by atoms with Crippen LogP contribution in [0.1, 0.15) is 12.8 Å². The first kappa shape index (κ1) is 18.9. The Hall–Kier alpha value is -3.78. The maximum absolute atomic E-state index is 5.97. The highest BCUT2D eigenvalue weighted by atomic mass is 16.5. The molecular formula is C24H23N7O. The number of likely N-dealkylation sites (tertiary alicyclic amines) is 1. The maximum atomic E-state index is 5.97. The molecule has 5 aromatic heterocycles. The van der Waals surface area contributed by atoms with Crippen LogP contribution < -0.4 is 4.74 Å². The molecular weight excluding hydrogens is 402 g/mol. The van der Waals surface area contributed by atoms with Gasteiger partial charge in [-0.05, 0) is 50.2 Å². The molecule has 0 atom stereocenters. The van der Waals surface area contributed by atoms with Crippen LogP contribution >= 0.6 is 0 Å². The average Bonchev–Trinajstić information content (AvgIpc) is 3.58. The lowest BCUT2D eigenvalue weighted by Crippen LogP contribution is -2.25. The van der Waals surface area contributed by atoms with Crippen molar-refractivity contribution in [3.05, 3.63) is 55.2 Å². The maximum Gasteiger partial charge on any atom is 0.138 e. The molecule has 6 rings (SSSR count). The molecule has 0 aliphatic carbocycles. The summed E-state index contributed by atoms with van der Waals surface area (Å²) in [4.78, 5) is 19.0. The fourth-order valence-electron chi connectivity index (χ4n) is 4.32. The summed E-state index contributed by atoms with van der Waals surface area (Å²) in [6, 6.07) is 8.11. The van der Waals surface area contributed by atoms with Crippen LogP contribution in [0.15, 0.2) is 55.2 Å². The van der Waals surface area contributed by atoms with Gasteiger partial charge in [0.25, 0.3) is 0 Å². The molecule has 0 amide bonds. The van der Waals surface area contributed by atoms with Gasteiger partial charge in [-0.15, -0.1) is 0 Å². The van der Waals surface area contributed by atoms with Gasteiger partial charge < -0.3 is 9.72 Å². The molecule has 160 valence electrons. The van der Waals surface area contributed by atoms with Gasteiger partial charge in [-0.3, -0.25) is 25.0 Å². The molecule has 32 heavy (non-hydrogen) atoms. The van der Waals surface area contributed by atoms with Crippen LogP contribution in [0.5, 0.6) is 5.75 Å². The minimum atomic E-state index is 0.665. The number of hydrogen-bond donors (Lipinski definition) is 2. The Kier molecular flexibility index (Phi) is 4.77. The summed E-state index contributed by atoms with van der Waals surface area (Å²) in [5.74, 6) is 0.763. The summed E-state index contributed by atoms with van der Waals surface area (Å²) in [5.41, 5.74) is 5.40. The van der Waals surface area contributed by atoms with Gasteiger partial charge in [0.15, 0.2) is 0 Å². The third-order valence-corrected chi connectivity index (χ3v) is 6.01. The largest absolute Gasteiger partial charge is 0.491 e. The Morgan fingerprint density at radius 2 is 1.91 bits per heavy atom. The van der Waals surface area contributed by atoms with Gasteiger partial charge in [0.05, 0.1) is 41.0 Å². The summed E-state index contributed by atoms with van der Waals surface area (Å²) in [6.45, 7) is 3.96. The van der Waals surface area contributed by atoms with E-state index in [-0.39, 0.29) is 0 Å². The third-order valence-electron chi connectivity index (χ3n) is 6.01.